The Morgan fingerprint density at radius 2 is 1.04 bits per heavy atom. The molecule has 0 spiro atoms. The quantitative estimate of drug-likeness (QED) is 0.196. The van der Waals surface area contributed by atoms with E-state index in [9.17, 15) is 9.59 Å². The van der Waals surface area contributed by atoms with E-state index in [0.29, 0.717) is 11.1 Å². The summed E-state index contributed by atoms with van der Waals surface area (Å²) in [4.78, 5) is 26.0. The molecule has 27 heavy (non-hydrogen) atoms. The van der Waals surface area contributed by atoms with Gasteiger partial charge in [0.05, 0.1) is 0 Å². The van der Waals surface area contributed by atoms with E-state index >= 15 is 0 Å². The summed E-state index contributed by atoms with van der Waals surface area (Å²) in [7, 11) is 0.305. The van der Waals surface area contributed by atoms with Gasteiger partial charge in [-0.15, -0.1) is 0 Å². The van der Waals surface area contributed by atoms with Gasteiger partial charge in [0.15, 0.2) is 0 Å². The number of carbonyl (C=O) groups is 2. The van der Waals surface area contributed by atoms with E-state index in [1.54, 1.807) is 62.8 Å². The van der Waals surface area contributed by atoms with E-state index in [1.165, 1.54) is 0 Å². The van der Waals surface area contributed by atoms with E-state index in [4.69, 9.17) is 9.47 Å². The molecule has 2 rings (SSSR count). The zero-order valence-electron chi connectivity index (χ0n) is 15.6. The zero-order chi connectivity index (χ0) is 20.2. The summed E-state index contributed by atoms with van der Waals surface area (Å²) in [6.45, 7) is 3.93. The van der Waals surface area contributed by atoms with Crippen LogP contribution in [0.15, 0.2) is 48.5 Å². The molecule has 146 valence electrons. The van der Waals surface area contributed by atoms with Crippen LogP contribution in [0, 0.1) is 0 Å². The third-order valence-electron chi connectivity index (χ3n) is 4.43. The zero-order valence-corrected chi connectivity index (χ0v) is 22.2. The standard InChI is InChI=1S/C20H22I2O4Te/c1-13(19(23)15-5-9-17(25-3)10-6-15)27(21,22)14(2)20(24)16-7-11-18(26-4)12-8-16/h5-14H,1-4H3. The Kier molecular flexibility index (Phi) is 8.40. The average Bonchev–Trinajstić information content (AvgIpc) is 2.71. The Bertz CT molecular complexity index is 736. The number of benzene rings is 2. The second-order valence-corrected chi connectivity index (χ2v) is 44.1. The predicted octanol–water partition coefficient (Wildman–Crippen LogP) is 5.86. The first-order valence-electron chi connectivity index (χ1n) is 8.29. The molecule has 0 heterocycles. The first-order chi connectivity index (χ1) is 12.7. The van der Waals surface area contributed by atoms with Gasteiger partial charge >= 0.3 is 185 Å². The number of ether oxygens (including phenoxy) is 2. The Hall–Kier alpha value is -0.370. The topological polar surface area (TPSA) is 52.6 Å². The summed E-state index contributed by atoms with van der Waals surface area (Å²) in [6.07, 6.45) is 0. The van der Waals surface area contributed by atoms with Crippen molar-refractivity contribution >= 4 is 59.2 Å². The number of rotatable bonds is 8. The third-order valence-corrected chi connectivity index (χ3v) is 31.5. The van der Waals surface area contributed by atoms with Crippen LogP contribution < -0.4 is 9.47 Å². The van der Waals surface area contributed by atoms with Crippen LogP contribution >= 0.6 is 37.4 Å². The average molecular weight is 708 g/mol. The van der Waals surface area contributed by atoms with E-state index in [-0.39, 0.29) is 19.5 Å². The molecule has 0 aromatic heterocycles. The van der Waals surface area contributed by atoms with Crippen molar-refractivity contribution in [1.29, 1.82) is 0 Å². The minimum atomic E-state index is -2.89. The molecule has 0 aliphatic carbocycles. The van der Waals surface area contributed by atoms with Crippen LogP contribution in [-0.2, 0) is 0 Å². The van der Waals surface area contributed by atoms with E-state index in [1.807, 2.05) is 13.8 Å². The van der Waals surface area contributed by atoms with Crippen molar-refractivity contribution in [3.05, 3.63) is 59.7 Å². The summed E-state index contributed by atoms with van der Waals surface area (Å²) in [5.74, 6) is 1.63. The molecular formula is C20H22I2O4Te. The van der Waals surface area contributed by atoms with Crippen LogP contribution in [-0.4, -0.2) is 36.1 Å². The van der Waals surface area contributed by atoms with Crippen LogP contribution in [0.2, 0.25) is 7.93 Å². The molecule has 7 heteroatoms. The van der Waals surface area contributed by atoms with Gasteiger partial charge in [-0.05, 0) is 0 Å². The molecule has 0 saturated heterocycles. The molecule has 0 amide bonds. The molecule has 0 radical (unpaired) electrons. The monoisotopic (exact) mass is 710 g/mol. The second-order valence-electron chi connectivity index (χ2n) is 6.02. The fourth-order valence-corrected chi connectivity index (χ4v) is 12.9. The first-order valence-corrected chi connectivity index (χ1v) is 24.6. The maximum atomic E-state index is 13.0. The van der Waals surface area contributed by atoms with Gasteiger partial charge < -0.3 is 0 Å². The summed E-state index contributed by atoms with van der Waals surface area (Å²) in [6, 6.07) is 14.3. The van der Waals surface area contributed by atoms with Crippen molar-refractivity contribution in [1.82, 2.24) is 0 Å². The van der Waals surface area contributed by atoms with E-state index in [2.05, 4.69) is 37.4 Å². The van der Waals surface area contributed by atoms with Gasteiger partial charge in [-0.3, -0.25) is 0 Å². The molecule has 2 unspecified atom stereocenters. The fraction of sp³-hybridized carbons (Fsp3) is 0.300. The van der Waals surface area contributed by atoms with Gasteiger partial charge in [0.2, 0.25) is 0 Å². The first kappa shape index (κ1) is 22.9. The molecule has 0 saturated carbocycles. The Labute approximate surface area is 183 Å². The number of methoxy groups -OCH3 is 2. The van der Waals surface area contributed by atoms with Gasteiger partial charge in [-0.2, -0.15) is 0 Å². The van der Waals surface area contributed by atoms with Crippen molar-refractivity contribution in [2.24, 2.45) is 0 Å². The van der Waals surface area contributed by atoms with Crippen LogP contribution in [0.25, 0.3) is 0 Å². The van der Waals surface area contributed by atoms with Crippen molar-refractivity contribution < 1.29 is 19.1 Å². The third kappa shape index (κ3) is 5.37. The molecule has 2 aromatic carbocycles. The van der Waals surface area contributed by atoms with Crippen molar-refractivity contribution in [3.8, 4) is 11.5 Å². The van der Waals surface area contributed by atoms with E-state index in [0.717, 1.165) is 11.5 Å². The molecule has 2 atom stereocenters. The van der Waals surface area contributed by atoms with Crippen LogP contribution in [0.3, 0.4) is 0 Å². The Balaban J connectivity index is 2.20. The van der Waals surface area contributed by atoms with Gasteiger partial charge in [-0.1, -0.05) is 0 Å². The second kappa shape index (κ2) is 9.90. The van der Waals surface area contributed by atoms with Crippen LogP contribution in [0.4, 0.5) is 0 Å². The molecule has 0 N–H and O–H groups in total. The fourth-order valence-electron chi connectivity index (χ4n) is 2.57. The predicted molar refractivity (Wildman–Crippen MR) is 127 cm³/mol. The number of halogens is 2. The summed E-state index contributed by atoms with van der Waals surface area (Å²) < 4.78 is 10.0. The Morgan fingerprint density at radius 1 is 0.741 bits per heavy atom. The molecule has 0 aliphatic rings. The summed E-state index contributed by atoms with van der Waals surface area (Å²) in [5.41, 5.74) is 1.33. The van der Waals surface area contributed by atoms with Gasteiger partial charge in [0.25, 0.3) is 0 Å². The molecule has 0 aliphatic heterocycles. The number of hydrogen-bond donors (Lipinski definition) is 0. The summed E-state index contributed by atoms with van der Waals surface area (Å²) >= 11 is 4.85. The van der Waals surface area contributed by atoms with Gasteiger partial charge in [-0.25, -0.2) is 0 Å². The van der Waals surface area contributed by atoms with Crippen LogP contribution in [0.1, 0.15) is 34.6 Å². The van der Waals surface area contributed by atoms with Gasteiger partial charge in [0, 0.05) is 0 Å². The molecular weight excluding hydrogens is 686 g/mol. The van der Waals surface area contributed by atoms with Crippen molar-refractivity contribution in [2.75, 3.05) is 14.2 Å². The van der Waals surface area contributed by atoms with Crippen molar-refractivity contribution in [3.63, 3.8) is 0 Å². The van der Waals surface area contributed by atoms with Gasteiger partial charge in [0.1, 0.15) is 0 Å². The molecule has 2 aromatic rings. The number of ketones is 2. The summed E-state index contributed by atoms with van der Waals surface area (Å²) in [5, 5.41) is 0. The molecule has 4 nitrogen and oxygen atoms in total. The number of hydrogen-bond acceptors (Lipinski definition) is 4. The minimum absolute atomic E-state index is 0.0945. The molecule has 0 bridgehead atoms. The van der Waals surface area contributed by atoms with Crippen molar-refractivity contribution in [2.45, 2.75) is 21.8 Å². The van der Waals surface area contributed by atoms with E-state index < -0.39 is 10.3 Å². The molecule has 0 fully saturated rings. The van der Waals surface area contributed by atoms with Crippen LogP contribution in [0.5, 0.6) is 11.5 Å². The number of Topliss-reactive ketones (excluding diaryl/α,β-unsaturated/α-hetero) is 2. The number of carbonyl (C=O) groups excluding carboxylic acids is 2. The normalized spacial score (nSPS) is 14.1. The SMILES string of the molecule is COc1ccc(C(=O)C(C)[Te](I)(I)C(C)C(=O)c2ccc(OC)cc2)cc1. The maximum absolute atomic E-state index is 13.0. The Morgan fingerprint density at radius 3 is 1.30 bits per heavy atom.